The number of fused-ring (bicyclic) bond motifs is 1. The van der Waals surface area contributed by atoms with Crippen LogP contribution in [0.25, 0.3) is 0 Å². The van der Waals surface area contributed by atoms with E-state index in [0.29, 0.717) is 19.8 Å². The number of rotatable bonds is 2. The summed E-state index contributed by atoms with van der Waals surface area (Å²) in [4.78, 5) is 14.6. The van der Waals surface area contributed by atoms with E-state index in [1.807, 2.05) is 32.9 Å². The summed E-state index contributed by atoms with van der Waals surface area (Å²) in [6, 6.07) is 8.21. The van der Waals surface area contributed by atoms with Gasteiger partial charge in [0.2, 0.25) is 0 Å². The summed E-state index contributed by atoms with van der Waals surface area (Å²) in [7, 11) is 0. The molecule has 0 bridgehead atoms. The average Bonchev–Trinajstić information content (AvgIpc) is 3.20. The first-order chi connectivity index (χ1) is 13.2. The van der Waals surface area contributed by atoms with Crippen molar-refractivity contribution in [3.05, 3.63) is 41.5 Å². The van der Waals surface area contributed by atoms with Gasteiger partial charge in [-0.25, -0.2) is 4.79 Å². The van der Waals surface area contributed by atoms with Crippen LogP contribution >= 0.6 is 0 Å². The molecule has 1 aromatic carbocycles. The average molecular weight is 386 g/mol. The second-order valence-electron chi connectivity index (χ2n) is 9.50. The van der Waals surface area contributed by atoms with Gasteiger partial charge in [0, 0.05) is 24.8 Å². The number of para-hydroxylation sites is 1. The van der Waals surface area contributed by atoms with Crippen LogP contribution in [0.4, 0.5) is 10.5 Å². The molecule has 1 aromatic rings. The molecule has 5 heteroatoms. The van der Waals surface area contributed by atoms with Gasteiger partial charge in [-0.3, -0.25) is 4.90 Å². The fourth-order valence-electron chi connectivity index (χ4n) is 4.65. The van der Waals surface area contributed by atoms with Crippen LogP contribution in [-0.4, -0.2) is 37.2 Å². The molecule has 4 rings (SSSR count). The number of benzene rings is 1. The monoisotopic (exact) mass is 385 g/mol. The highest BCUT2D eigenvalue weighted by Crippen LogP contribution is 2.47. The van der Waals surface area contributed by atoms with Crippen molar-refractivity contribution in [2.75, 3.05) is 24.7 Å². The molecular weight excluding hydrogens is 354 g/mol. The fourth-order valence-corrected chi connectivity index (χ4v) is 4.65. The second-order valence-corrected chi connectivity index (χ2v) is 9.50. The number of allylic oxidation sites excluding steroid dienone is 1. The predicted molar refractivity (Wildman–Crippen MR) is 109 cm³/mol. The fraction of sp³-hybridized carbons (Fsp3) is 0.609. The van der Waals surface area contributed by atoms with Crippen LogP contribution in [0.5, 0.6) is 0 Å². The first kappa shape index (κ1) is 19.5. The Morgan fingerprint density at radius 1 is 1.21 bits per heavy atom. The maximum atomic E-state index is 12.8. The van der Waals surface area contributed by atoms with Crippen LogP contribution in [0.3, 0.4) is 0 Å². The molecule has 1 spiro atoms. The third-order valence-electron chi connectivity index (χ3n) is 5.93. The summed E-state index contributed by atoms with van der Waals surface area (Å²) < 4.78 is 17.3. The van der Waals surface area contributed by atoms with E-state index in [1.165, 1.54) is 11.1 Å². The van der Waals surface area contributed by atoms with E-state index in [-0.39, 0.29) is 17.3 Å². The molecule has 0 radical (unpaired) electrons. The highest BCUT2D eigenvalue weighted by molar-refractivity contribution is 5.91. The second kappa shape index (κ2) is 6.89. The van der Waals surface area contributed by atoms with Crippen LogP contribution < -0.4 is 4.90 Å². The Bertz CT molecular complexity index is 788. The number of hydrogen-bond donors (Lipinski definition) is 0. The maximum absolute atomic E-state index is 12.8. The van der Waals surface area contributed by atoms with Gasteiger partial charge >= 0.3 is 6.09 Å². The SMILES string of the molecule is CC(C)(C)OC(=O)N1C[C@](C)(CC2=CCC3(CC2)OCCO3)c2ccccc21. The Labute approximate surface area is 167 Å². The molecule has 3 aliphatic rings. The van der Waals surface area contributed by atoms with Crippen LogP contribution in [-0.2, 0) is 19.6 Å². The zero-order valence-electron chi connectivity index (χ0n) is 17.4. The number of carbonyl (C=O) groups excluding carboxylic acids is 1. The van der Waals surface area contributed by atoms with Crippen LogP contribution in [0.15, 0.2) is 35.9 Å². The van der Waals surface area contributed by atoms with E-state index in [9.17, 15) is 4.79 Å². The van der Waals surface area contributed by atoms with Gasteiger partial charge in [0.25, 0.3) is 0 Å². The molecular formula is C23H31NO4. The summed E-state index contributed by atoms with van der Waals surface area (Å²) in [5.74, 6) is -0.388. The molecule has 1 atom stereocenters. The topological polar surface area (TPSA) is 48.0 Å². The summed E-state index contributed by atoms with van der Waals surface area (Å²) in [6.45, 7) is 9.99. The molecule has 2 aliphatic heterocycles. The molecule has 2 heterocycles. The van der Waals surface area contributed by atoms with Gasteiger partial charge in [-0.05, 0) is 45.2 Å². The number of anilines is 1. The minimum atomic E-state index is -0.507. The zero-order valence-corrected chi connectivity index (χ0v) is 17.4. The third kappa shape index (κ3) is 3.70. The molecule has 28 heavy (non-hydrogen) atoms. The van der Waals surface area contributed by atoms with Crippen molar-refractivity contribution in [2.45, 2.75) is 70.2 Å². The van der Waals surface area contributed by atoms with Crippen molar-refractivity contribution in [3.8, 4) is 0 Å². The first-order valence-corrected chi connectivity index (χ1v) is 10.3. The summed E-state index contributed by atoms with van der Waals surface area (Å²) in [5.41, 5.74) is 2.98. The van der Waals surface area contributed by atoms with Gasteiger partial charge in [-0.1, -0.05) is 36.8 Å². The molecule has 1 amide bonds. The van der Waals surface area contributed by atoms with Gasteiger partial charge in [0.15, 0.2) is 5.79 Å². The lowest BCUT2D eigenvalue weighted by molar-refractivity contribution is -0.161. The molecule has 5 nitrogen and oxygen atoms in total. The van der Waals surface area contributed by atoms with Crippen molar-refractivity contribution in [1.82, 2.24) is 0 Å². The predicted octanol–water partition coefficient (Wildman–Crippen LogP) is 4.94. The Morgan fingerprint density at radius 3 is 2.57 bits per heavy atom. The van der Waals surface area contributed by atoms with Gasteiger partial charge in [0.1, 0.15) is 5.60 Å². The summed E-state index contributed by atoms with van der Waals surface area (Å²) in [6.07, 6.45) is 5.65. The maximum Gasteiger partial charge on any atom is 0.414 e. The smallest absolute Gasteiger partial charge is 0.414 e. The quantitative estimate of drug-likeness (QED) is 0.677. The van der Waals surface area contributed by atoms with Crippen molar-refractivity contribution in [2.24, 2.45) is 0 Å². The molecule has 1 fully saturated rings. The normalized spacial score (nSPS) is 26.3. The minimum Gasteiger partial charge on any atom is -0.443 e. The highest BCUT2D eigenvalue weighted by atomic mass is 16.7. The lowest BCUT2D eigenvalue weighted by atomic mass is 9.76. The summed E-state index contributed by atoms with van der Waals surface area (Å²) in [5, 5.41) is 0. The summed E-state index contributed by atoms with van der Waals surface area (Å²) >= 11 is 0. The van der Waals surface area contributed by atoms with Gasteiger partial charge in [-0.15, -0.1) is 0 Å². The van der Waals surface area contributed by atoms with E-state index < -0.39 is 5.60 Å². The lowest BCUT2D eigenvalue weighted by Crippen LogP contribution is -2.39. The molecule has 0 saturated carbocycles. The van der Waals surface area contributed by atoms with Gasteiger partial charge in [0.05, 0.1) is 18.9 Å². The Hall–Kier alpha value is -1.85. The van der Waals surface area contributed by atoms with Gasteiger partial charge < -0.3 is 14.2 Å². The molecule has 0 unspecified atom stereocenters. The first-order valence-electron chi connectivity index (χ1n) is 10.3. The molecule has 0 aromatic heterocycles. The van der Waals surface area contributed by atoms with Crippen molar-refractivity contribution >= 4 is 11.8 Å². The lowest BCUT2D eigenvalue weighted by Gasteiger charge is -2.34. The van der Waals surface area contributed by atoms with E-state index in [4.69, 9.17) is 14.2 Å². The zero-order chi connectivity index (χ0) is 20.0. The number of carbonyl (C=O) groups is 1. The van der Waals surface area contributed by atoms with E-state index in [2.05, 4.69) is 25.1 Å². The van der Waals surface area contributed by atoms with Crippen molar-refractivity contribution < 1.29 is 19.0 Å². The number of hydrogen-bond acceptors (Lipinski definition) is 4. The van der Waals surface area contributed by atoms with Gasteiger partial charge in [-0.2, -0.15) is 0 Å². The number of nitrogens with zero attached hydrogens (tertiary/aromatic N) is 1. The largest absolute Gasteiger partial charge is 0.443 e. The minimum absolute atomic E-state index is 0.124. The molecule has 152 valence electrons. The van der Waals surface area contributed by atoms with Crippen LogP contribution in [0.2, 0.25) is 0 Å². The van der Waals surface area contributed by atoms with Crippen LogP contribution in [0.1, 0.15) is 58.9 Å². The number of amides is 1. The Morgan fingerprint density at radius 2 is 1.93 bits per heavy atom. The molecule has 0 N–H and O–H groups in total. The van der Waals surface area contributed by atoms with E-state index in [0.717, 1.165) is 31.4 Å². The number of ether oxygens (including phenoxy) is 3. The van der Waals surface area contributed by atoms with E-state index >= 15 is 0 Å². The van der Waals surface area contributed by atoms with Crippen molar-refractivity contribution in [1.29, 1.82) is 0 Å². The van der Waals surface area contributed by atoms with Crippen molar-refractivity contribution in [3.63, 3.8) is 0 Å². The third-order valence-corrected chi connectivity index (χ3v) is 5.93. The van der Waals surface area contributed by atoms with Crippen LogP contribution in [0, 0.1) is 0 Å². The molecule has 1 aliphatic carbocycles. The Kier molecular flexibility index (Phi) is 4.79. The highest BCUT2D eigenvalue weighted by Gasteiger charge is 2.44. The van der Waals surface area contributed by atoms with E-state index in [1.54, 1.807) is 4.90 Å². The Balaban J connectivity index is 1.54. The molecule has 1 saturated heterocycles. The standard InChI is InChI=1S/C23H31NO4/c1-21(2,3)28-20(25)24-16-22(4,18-7-5-6-8-19(18)24)15-17-9-11-23(12-10-17)26-13-14-27-23/h5-9H,10-16H2,1-4H3/t22-/m0/s1.